The SMILES string of the molecule is COCc1ccc(-c2noc(C)c2C(=O)O)cc1. The second-order valence-corrected chi connectivity index (χ2v) is 3.90. The number of aromatic carboxylic acids is 1. The number of carboxylic acids is 1. The van der Waals surface area contributed by atoms with Crippen LogP contribution in [0, 0.1) is 6.92 Å². The number of ether oxygens (including phenoxy) is 1. The highest BCUT2D eigenvalue weighted by Gasteiger charge is 2.20. The van der Waals surface area contributed by atoms with Crippen LogP contribution in [-0.2, 0) is 11.3 Å². The van der Waals surface area contributed by atoms with E-state index in [1.807, 2.05) is 12.1 Å². The number of carbonyl (C=O) groups is 1. The number of methoxy groups -OCH3 is 1. The Bertz CT molecular complexity index is 557. The molecule has 18 heavy (non-hydrogen) atoms. The van der Waals surface area contributed by atoms with Crippen LogP contribution in [0.1, 0.15) is 21.7 Å². The second kappa shape index (κ2) is 5.01. The van der Waals surface area contributed by atoms with E-state index in [0.29, 0.717) is 23.6 Å². The van der Waals surface area contributed by atoms with Gasteiger partial charge in [0.25, 0.3) is 0 Å². The number of nitrogens with zero attached hydrogens (tertiary/aromatic N) is 1. The van der Waals surface area contributed by atoms with E-state index in [-0.39, 0.29) is 5.56 Å². The van der Waals surface area contributed by atoms with Gasteiger partial charge in [0.15, 0.2) is 0 Å². The van der Waals surface area contributed by atoms with Crippen LogP contribution < -0.4 is 0 Å². The zero-order chi connectivity index (χ0) is 13.1. The van der Waals surface area contributed by atoms with Crippen molar-refractivity contribution in [1.29, 1.82) is 0 Å². The molecule has 0 saturated carbocycles. The predicted octanol–water partition coefficient (Wildman–Crippen LogP) is 2.49. The summed E-state index contributed by atoms with van der Waals surface area (Å²) < 4.78 is 9.94. The van der Waals surface area contributed by atoms with Crippen molar-refractivity contribution in [3.63, 3.8) is 0 Å². The van der Waals surface area contributed by atoms with Gasteiger partial charge in [-0.2, -0.15) is 0 Å². The van der Waals surface area contributed by atoms with Gasteiger partial charge in [-0.05, 0) is 12.5 Å². The van der Waals surface area contributed by atoms with E-state index in [4.69, 9.17) is 14.4 Å². The van der Waals surface area contributed by atoms with E-state index >= 15 is 0 Å². The molecule has 0 saturated heterocycles. The number of aromatic nitrogens is 1. The summed E-state index contributed by atoms with van der Waals surface area (Å²) in [5, 5.41) is 12.9. The molecule has 2 rings (SSSR count). The fourth-order valence-corrected chi connectivity index (χ4v) is 1.75. The molecule has 0 amide bonds. The van der Waals surface area contributed by atoms with E-state index in [9.17, 15) is 4.79 Å². The van der Waals surface area contributed by atoms with E-state index < -0.39 is 5.97 Å². The van der Waals surface area contributed by atoms with E-state index in [2.05, 4.69) is 5.16 Å². The topological polar surface area (TPSA) is 72.6 Å². The van der Waals surface area contributed by atoms with Gasteiger partial charge in [-0.25, -0.2) is 4.79 Å². The van der Waals surface area contributed by atoms with Crippen molar-refractivity contribution in [2.24, 2.45) is 0 Å². The monoisotopic (exact) mass is 247 g/mol. The highest BCUT2D eigenvalue weighted by Crippen LogP contribution is 2.25. The van der Waals surface area contributed by atoms with Gasteiger partial charge in [0.05, 0.1) is 6.61 Å². The van der Waals surface area contributed by atoms with Crippen LogP contribution in [0.4, 0.5) is 0 Å². The smallest absolute Gasteiger partial charge is 0.341 e. The van der Waals surface area contributed by atoms with E-state index in [1.54, 1.807) is 26.2 Å². The summed E-state index contributed by atoms with van der Waals surface area (Å²) in [7, 11) is 1.62. The number of hydrogen-bond donors (Lipinski definition) is 1. The van der Waals surface area contributed by atoms with Crippen molar-refractivity contribution in [2.75, 3.05) is 7.11 Å². The van der Waals surface area contributed by atoms with Crippen molar-refractivity contribution in [3.8, 4) is 11.3 Å². The zero-order valence-electron chi connectivity index (χ0n) is 10.1. The van der Waals surface area contributed by atoms with Gasteiger partial charge in [-0.1, -0.05) is 29.4 Å². The minimum atomic E-state index is -1.04. The van der Waals surface area contributed by atoms with Crippen LogP contribution in [0.2, 0.25) is 0 Å². The summed E-state index contributed by atoms with van der Waals surface area (Å²) in [4.78, 5) is 11.1. The molecular weight excluding hydrogens is 234 g/mol. The Morgan fingerprint density at radius 1 is 1.39 bits per heavy atom. The fourth-order valence-electron chi connectivity index (χ4n) is 1.75. The lowest BCUT2D eigenvalue weighted by Crippen LogP contribution is -1.99. The Labute approximate surface area is 104 Å². The molecule has 0 radical (unpaired) electrons. The van der Waals surface area contributed by atoms with Gasteiger partial charge < -0.3 is 14.4 Å². The highest BCUT2D eigenvalue weighted by atomic mass is 16.5. The molecule has 0 atom stereocenters. The highest BCUT2D eigenvalue weighted by molar-refractivity contribution is 5.95. The van der Waals surface area contributed by atoms with Crippen molar-refractivity contribution in [3.05, 3.63) is 41.2 Å². The maximum atomic E-state index is 11.1. The summed E-state index contributed by atoms with van der Waals surface area (Å²) in [6, 6.07) is 7.35. The molecular formula is C13H13NO4. The average Bonchev–Trinajstić information content (AvgIpc) is 2.73. The number of rotatable bonds is 4. The maximum Gasteiger partial charge on any atom is 0.341 e. The Morgan fingerprint density at radius 2 is 2.06 bits per heavy atom. The van der Waals surface area contributed by atoms with Crippen LogP contribution in [0.3, 0.4) is 0 Å². The minimum absolute atomic E-state index is 0.106. The molecule has 2 aromatic rings. The van der Waals surface area contributed by atoms with E-state index in [1.165, 1.54) is 0 Å². The molecule has 5 heteroatoms. The van der Waals surface area contributed by atoms with Crippen molar-refractivity contribution < 1.29 is 19.2 Å². The first kappa shape index (κ1) is 12.3. The second-order valence-electron chi connectivity index (χ2n) is 3.90. The van der Waals surface area contributed by atoms with Crippen LogP contribution >= 0.6 is 0 Å². The average molecular weight is 247 g/mol. The molecule has 0 fully saturated rings. The lowest BCUT2D eigenvalue weighted by Gasteiger charge is -2.01. The Hall–Kier alpha value is -2.14. The summed E-state index contributed by atoms with van der Waals surface area (Å²) in [5.41, 5.74) is 2.18. The van der Waals surface area contributed by atoms with Crippen LogP contribution in [-0.4, -0.2) is 23.3 Å². The molecule has 0 aliphatic rings. The number of benzene rings is 1. The first-order valence-corrected chi connectivity index (χ1v) is 5.41. The van der Waals surface area contributed by atoms with Gasteiger partial charge in [0.2, 0.25) is 0 Å². The molecule has 0 spiro atoms. The summed E-state index contributed by atoms with van der Waals surface area (Å²) >= 11 is 0. The van der Waals surface area contributed by atoms with E-state index in [0.717, 1.165) is 5.56 Å². The summed E-state index contributed by atoms with van der Waals surface area (Å²) in [5.74, 6) is -0.733. The molecule has 1 aromatic heterocycles. The number of hydrogen-bond acceptors (Lipinski definition) is 4. The molecule has 1 heterocycles. The molecule has 0 unspecified atom stereocenters. The van der Waals surface area contributed by atoms with Crippen LogP contribution in [0.25, 0.3) is 11.3 Å². The molecule has 1 N–H and O–H groups in total. The molecule has 0 aliphatic carbocycles. The normalized spacial score (nSPS) is 10.6. The van der Waals surface area contributed by atoms with Gasteiger partial charge in [-0.3, -0.25) is 0 Å². The first-order valence-electron chi connectivity index (χ1n) is 5.41. The van der Waals surface area contributed by atoms with Crippen molar-refractivity contribution >= 4 is 5.97 Å². The standard InChI is InChI=1S/C13H13NO4/c1-8-11(13(15)16)12(14-18-8)10-5-3-9(4-6-10)7-17-2/h3-6H,7H2,1-2H3,(H,15,16). The Kier molecular flexibility index (Phi) is 3.43. The number of aryl methyl sites for hydroxylation is 1. The quantitative estimate of drug-likeness (QED) is 0.898. The first-order chi connectivity index (χ1) is 8.63. The number of carboxylic acid groups (broad SMARTS) is 1. The van der Waals surface area contributed by atoms with Crippen LogP contribution in [0.15, 0.2) is 28.8 Å². The lowest BCUT2D eigenvalue weighted by molar-refractivity contribution is 0.0696. The zero-order valence-corrected chi connectivity index (χ0v) is 10.1. The Morgan fingerprint density at radius 3 is 2.61 bits per heavy atom. The van der Waals surface area contributed by atoms with Crippen molar-refractivity contribution in [1.82, 2.24) is 5.16 Å². The largest absolute Gasteiger partial charge is 0.477 e. The van der Waals surface area contributed by atoms with Crippen molar-refractivity contribution in [2.45, 2.75) is 13.5 Å². The summed E-state index contributed by atoms with van der Waals surface area (Å²) in [6.45, 7) is 2.10. The third-order valence-corrected chi connectivity index (χ3v) is 2.61. The van der Waals surface area contributed by atoms with Gasteiger partial charge in [0, 0.05) is 12.7 Å². The summed E-state index contributed by atoms with van der Waals surface area (Å²) in [6.07, 6.45) is 0. The Balaban J connectivity index is 2.40. The minimum Gasteiger partial charge on any atom is -0.477 e. The molecule has 1 aromatic carbocycles. The van der Waals surface area contributed by atoms with Gasteiger partial charge in [0.1, 0.15) is 17.0 Å². The van der Waals surface area contributed by atoms with Gasteiger partial charge in [-0.15, -0.1) is 0 Å². The van der Waals surface area contributed by atoms with Gasteiger partial charge >= 0.3 is 5.97 Å². The lowest BCUT2D eigenvalue weighted by atomic mass is 10.0. The molecule has 0 aliphatic heterocycles. The third kappa shape index (κ3) is 2.26. The van der Waals surface area contributed by atoms with Crippen LogP contribution in [0.5, 0.6) is 0 Å². The predicted molar refractivity (Wildman–Crippen MR) is 64.3 cm³/mol. The maximum absolute atomic E-state index is 11.1. The molecule has 0 bridgehead atoms. The molecule has 5 nitrogen and oxygen atoms in total. The molecule has 94 valence electrons. The fraction of sp³-hybridized carbons (Fsp3) is 0.231. The third-order valence-electron chi connectivity index (χ3n) is 2.61.